The Morgan fingerprint density at radius 2 is 1.76 bits per heavy atom. The first-order chi connectivity index (χ1) is 16.3. The average molecular weight is 485 g/mol. The van der Waals surface area contributed by atoms with E-state index < -0.39 is 10.8 Å². The van der Waals surface area contributed by atoms with Crippen molar-refractivity contribution >= 4 is 46.4 Å². The highest BCUT2D eigenvalue weighted by atomic mass is 35.5. The Balaban J connectivity index is 1.43. The van der Waals surface area contributed by atoms with Crippen LogP contribution in [0.4, 0.5) is 17.1 Å². The number of anilines is 2. The highest BCUT2D eigenvalue weighted by Gasteiger charge is 2.47. The Kier molecular flexibility index (Phi) is 6.83. The SMILES string of the molecule is Cc1ccc(Cl)cc1NC(=O)c1ccc(NCCN2C(=O)[C@@H]3CCCC[C@H]3C2=O)c([N+](=O)[O-])c1. The normalized spacial score (nSPS) is 19.6. The summed E-state index contributed by atoms with van der Waals surface area (Å²) in [5, 5.41) is 17.8. The Morgan fingerprint density at radius 3 is 2.41 bits per heavy atom. The second kappa shape index (κ2) is 9.80. The molecule has 2 aliphatic rings. The molecule has 3 amide bonds. The number of nitrogens with one attached hydrogen (secondary N) is 2. The topological polar surface area (TPSA) is 122 Å². The number of likely N-dealkylation sites (tertiary alicyclic amines) is 1. The number of aryl methyl sites for hydroxylation is 1. The molecule has 0 unspecified atom stereocenters. The van der Waals surface area contributed by atoms with Crippen LogP contribution >= 0.6 is 11.6 Å². The van der Waals surface area contributed by atoms with Crippen LogP contribution in [0, 0.1) is 28.9 Å². The lowest BCUT2D eigenvalue weighted by Crippen LogP contribution is -2.35. The molecular formula is C24H25ClN4O5. The second-order valence-electron chi connectivity index (χ2n) is 8.65. The summed E-state index contributed by atoms with van der Waals surface area (Å²) in [6, 6.07) is 9.19. The molecule has 178 valence electrons. The standard InChI is InChI=1S/C24H25ClN4O5/c1-14-6-8-16(25)13-20(14)27-22(30)15-7-9-19(21(12-15)29(33)34)26-10-11-28-23(31)17-4-2-3-5-18(17)24(28)32/h6-9,12-13,17-18,26H,2-5,10-11H2,1H3,(H,27,30)/t17-,18-/m1/s1. The van der Waals surface area contributed by atoms with Crippen LogP contribution in [0.5, 0.6) is 0 Å². The van der Waals surface area contributed by atoms with E-state index in [1.54, 1.807) is 18.2 Å². The first kappa shape index (κ1) is 23.7. The van der Waals surface area contributed by atoms with Crippen molar-refractivity contribution in [1.29, 1.82) is 0 Å². The third-order valence-electron chi connectivity index (χ3n) is 6.49. The first-order valence-electron chi connectivity index (χ1n) is 11.2. The van der Waals surface area contributed by atoms with Crippen molar-refractivity contribution in [1.82, 2.24) is 4.90 Å². The van der Waals surface area contributed by atoms with Crippen LogP contribution in [0.15, 0.2) is 36.4 Å². The van der Waals surface area contributed by atoms with Crippen LogP contribution in [-0.4, -0.2) is 40.6 Å². The van der Waals surface area contributed by atoms with Gasteiger partial charge >= 0.3 is 0 Å². The molecule has 1 saturated heterocycles. The molecule has 0 radical (unpaired) electrons. The molecule has 2 aromatic carbocycles. The van der Waals surface area contributed by atoms with Crippen molar-refractivity contribution in [3.8, 4) is 0 Å². The lowest BCUT2D eigenvalue weighted by molar-refractivity contribution is -0.384. The van der Waals surface area contributed by atoms with E-state index >= 15 is 0 Å². The number of rotatable bonds is 7. The zero-order valence-corrected chi connectivity index (χ0v) is 19.4. The molecule has 10 heteroatoms. The highest BCUT2D eigenvalue weighted by molar-refractivity contribution is 6.31. The maximum absolute atomic E-state index is 12.7. The molecule has 2 fully saturated rings. The average Bonchev–Trinajstić information content (AvgIpc) is 3.06. The van der Waals surface area contributed by atoms with Crippen molar-refractivity contribution in [3.63, 3.8) is 0 Å². The van der Waals surface area contributed by atoms with Gasteiger partial charge in [0.1, 0.15) is 5.69 Å². The van der Waals surface area contributed by atoms with Gasteiger partial charge in [0, 0.05) is 35.4 Å². The number of nitro benzene ring substituents is 1. The molecule has 2 N–H and O–H groups in total. The van der Waals surface area contributed by atoms with E-state index in [0.29, 0.717) is 10.7 Å². The maximum atomic E-state index is 12.7. The number of halogens is 1. The fourth-order valence-corrected chi connectivity index (χ4v) is 4.82. The van der Waals surface area contributed by atoms with E-state index in [0.717, 1.165) is 31.2 Å². The number of hydrogen-bond donors (Lipinski definition) is 2. The summed E-state index contributed by atoms with van der Waals surface area (Å²) < 4.78 is 0. The Labute approximate surface area is 201 Å². The smallest absolute Gasteiger partial charge is 0.293 e. The minimum Gasteiger partial charge on any atom is -0.378 e. The van der Waals surface area contributed by atoms with Gasteiger partial charge in [-0.2, -0.15) is 0 Å². The summed E-state index contributed by atoms with van der Waals surface area (Å²) in [7, 11) is 0. The molecular weight excluding hydrogens is 460 g/mol. The summed E-state index contributed by atoms with van der Waals surface area (Å²) in [4.78, 5) is 50.2. The number of carbonyl (C=O) groups excluding carboxylic acids is 3. The molecule has 4 rings (SSSR count). The van der Waals surface area contributed by atoms with E-state index in [1.165, 1.54) is 23.1 Å². The Morgan fingerprint density at radius 1 is 1.09 bits per heavy atom. The number of nitrogens with zero attached hydrogens (tertiary/aromatic N) is 2. The third-order valence-corrected chi connectivity index (χ3v) is 6.72. The zero-order chi connectivity index (χ0) is 24.4. The van der Waals surface area contributed by atoms with Gasteiger partial charge in [-0.25, -0.2) is 0 Å². The van der Waals surface area contributed by atoms with Crippen molar-refractivity contribution < 1.29 is 19.3 Å². The van der Waals surface area contributed by atoms with E-state index in [9.17, 15) is 24.5 Å². The molecule has 1 aliphatic carbocycles. The van der Waals surface area contributed by atoms with Gasteiger partial charge in [-0.05, 0) is 49.6 Å². The van der Waals surface area contributed by atoms with Crippen molar-refractivity contribution in [3.05, 3.63) is 62.7 Å². The van der Waals surface area contributed by atoms with Gasteiger partial charge in [0.2, 0.25) is 11.8 Å². The lowest BCUT2D eigenvalue weighted by atomic mass is 9.81. The minimum absolute atomic E-state index is 0.116. The van der Waals surface area contributed by atoms with Gasteiger partial charge in [0.15, 0.2) is 0 Å². The highest BCUT2D eigenvalue weighted by Crippen LogP contribution is 2.38. The predicted molar refractivity (Wildman–Crippen MR) is 128 cm³/mol. The zero-order valence-electron chi connectivity index (χ0n) is 18.7. The van der Waals surface area contributed by atoms with Crippen LogP contribution in [-0.2, 0) is 9.59 Å². The fourth-order valence-electron chi connectivity index (χ4n) is 4.65. The number of benzene rings is 2. The van der Waals surface area contributed by atoms with E-state index in [-0.39, 0.29) is 53.7 Å². The van der Waals surface area contributed by atoms with Crippen molar-refractivity contribution in [2.24, 2.45) is 11.8 Å². The minimum atomic E-state index is -0.579. The van der Waals surface area contributed by atoms with Gasteiger partial charge in [-0.1, -0.05) is 30.5 Å². The monoisotopic (exact) mass is 484 g/mol. The summed E-state index contributed by atoms with van der Waals surface area (Å²) in [5.74, 6) is -1.24. The van der Waals surface area contributed by atoms with E-state index in [2.05, 4.69) is 10.6 Å². The van der Waals surface area contributed by atoms with E-state index in [4.69, 9.17) is 11.6 Å². The number of hydrogen-bond acceptors (Lipinski definition) is 6. The van der Waals surface area contributed by atoms with Gasteiger partial charge < -0.3 is 10.6 Å². The molecule has 1 saturated carbocycles. The largest absolute Gasteiger partial charge is 0.378 e. The molecule has 34 heavy (non-hydrogen) atoms. The van der Waals surface area contributed by atoms with Crippen molar-refractivity contribution in [2.45, 2.75) is 32.6 Å². The third kappa shape index (κ3) is 4.75. The predicted octanol–water partition coefficient (Wildman–Crippen LogP) is 4.40. The van der Waals surface area contributed by atoms with Crippen LogP contribution in [0.1, 0.15) is 41.6 Å². The number of imide groups is 1. The Hall–Kier alpha value is -3.46. The van der Waals surface area contributed by atoms with Gasteiger partial charge in [-0.15, -0.1) is 0 Å². The molecule has 0 spiro atoms. The maximum Gasteiger partial charge on any atom is 0.293 e. The van der Waals surface area contributed by atoms with Crippen LogP contribution in [0.3, 0.4) is 0 Å². The van der Waals surface area contributed by atoms with Crippen molar-refractivity contribution in [2.75, 3.05) is 23.7 Å². The summed E-state index contributed by atoms with van der Waals surface area (Å²) >= 11 is 5.99. The molecule has 0 aromatic heterocycles. The summed E-state index contributed by atoms with van der Waals surface area (Å²) in [6.45, 7) is 2.12. The number of carbonyl (C=O) groups is 3. The van der Waals surface area contributed by atoms with Crippen LogP contribution in [0.25, 0.3) is 0 Å². The number of amides is 3. The van der Waals surface area contributed by atoms with E-state index in [1.807, 2.05) is 6.92 Å². The number of nitro groups is 1. The van der Waals surface area contributed by atoms with Gasteiger partial charge in [-0.3, -0.25) is 29.4 Å². The quantitative estimate of drug-likeness (QED) is 0.341. The molecule has 0 bridgehead atoms. The molecule has 1 heterocycles. The molecule has 1 aliphatic heterocycles. The molecule has 9 nitrogen and oxygen atoms in total. The summed E-state index contributed by atoms with van der Waals surface area (Å²) in [5.41, 5.74) is 1.37. The van der Waals surface area contributed by atoms with Crippen LogP contribution < -0.4 is 10.6 Å². The molecule has 2 atom stereocenters. The Bertz CT molecular complexity index is 1140. The van der Waals surface area contributed by atoms with Gasteiger partial charge in [0.05, 0.1) is 16.8 Å². The first-order valence-corrected chi connectivity index (χ1v) is 11.6. The number of fused-ring (bicyclic) bond motifs is 1. The van der Waals surface area contributed by atoms with Crippen LogP contribution in [0.2, 0.25) is 5.02 Å². The van der Waals surface area contributed by atoms with Gasteiger partial charge in [0.25, 0.3) is 11.6 Å². The molecule has 2 aromatic rings. The second-order valence-corrected chi connectivity index (χ2v) is 9.09. The summed E-state index contributed by atoms with van der Waals surface area (Å²) in [6.07, 6.45) is 3.39. The lowest BCUT2D eigenvalue weighted by Gasteiger charge is -2.19. The fraction of sp³-hybridized carbons (Fsp3) is 0.375.